The lowest BCUT2D eigenvalue weighted by Crippen LogP contribution is -2.47. The van der Waals surface area contributed by atoms with Crippen LogP contribution in [0.15, 0.2) is 28.8 Å². The van der Waals surface area contributed by atoms with Gasteiger partial charge in [-0.1, -0.05) is 23.4 Å². The zero-order valence-electron chi connectivity index (χ0n) is 13.4. The van der Waals surface area contributed by atoms with E-state index < -0.39 is 11.6 Å². The molecule has 25 heavy (non-hydrogen) atoms. The molecule has 2 aromatic rings. The Morgan fingerprint density at radius 2 is 2.12 bits per heavy atom. The van der Waals surface area contributed by atoms with E-state index in [0.29, 0.717) is 42.0 Å². The fourth-order valence-electron chi connectivity index (χ4n) is 3.48. The molecule has 1 unspecified atom stereocenters. The fraction of sp³-hybridized carbons (Fsp3) is 0.412. The molecule has 1 aromatic heterocycles. The standard InChI is InChI=1S/C17H16N4O4/c22-15-17(7-8-24-12-4-2-1-3-11(12)17)19-16(23)21(15)9-13-18-14(25-20-13)10-5-6-10/h1-4,10H,5-9H2,(H,19,23). The maximum absolute atomic E-state index is 13.1. The molecule has 0 radical (unpaired) electrons. The first-order chi connectivity index (χ1) is 12.2. The second-order valence-electron chi connectivity index (χ2n) is 6.64. The van der Waals surface area contributed by atoms with E-state index in [4.69, 9.17) is 9.26 Å². The van der Waals surface area contributed by atoms with Gasteiger partial charge in [0.2, 0.25) is 5.89 Å². The lowest BCUT2D eigenvalue weighted by Gasteiger charge is -2.33. The smallest absolute Gasteiger partial charge is 0.325 e. The van der Waals surface area contributed by atoms with E-state index in [9.17, 15) is 9.59 Å². The zero-order valence-corrected chi connectivity index (χ0v) is 13.4. The Morgan fingerprint density at radius 3 is 2.96 bits per heavy atom. The minimum absolute atomic E-state index is 0.00562. The van der Waals surface area contributed by atoms with Crippen molar-refractivity contribution < 1.29 is 18.8 Å². The number of carbonyl (C=O) groups is 2. The molecule has 1 saturated carbocycles. The highest BCUT2D eigenvalue weighted by molar-refractivity contribution is 6.07. The van der Waals surface area contributed by atoms with E-state index in [2.05, 4.69) is 15.5 Å². The van der Waals surface area contributed by atoms with Gasteiger partial charge in [-0.3, -0.25) is 9.69 Å². The number of fused-ring (bicyclic) bond motifs is 2. The van der Waals surface area contributed by atoms with E-state index in [-0.39, 0.29) is 12.5 Å². The van der Waals surface area contributed by atoms with Crippen molar-refractivity contribution in [1.29, 1.82) is 0 Å². The Morgan fingerprint density at radius 1 is 1.28 bits per heavy atom. The third-order valence-corrected chi connectivity index (χ3v) is 4.97. The number of benzene rings is 1. The molecule has 128 valence electrons. The van der Waals surface area contributed by atoms with Crippen LogP contribution in [0.1, 0.15) is 42.5 Å². The van der Waals surface area contributed by atoms with Crippen LogP contribution in [-0.2, 0) is 16.9 Å². The Kier molecular flexibility index (Phi) is 2.92. The summed E-state index contributed by atoms with van der Waals surface area (Å²) in [4.78, 5) is 31.1. The van der Waals surface area contributed by atoms with Crippen molar-refractivity contribution in [3.05, 3.63) is 41.5 Å². The maximum atomic E-state index is 13.1. The molecule has 5 rings (SSSR count). The summed E-state index contributed by atoms with van der Waals surface area (Å²) in [5.74, 6) is 1.60. The van der Waals surface area contributed by atoms with E-state index in [1.54, 1.807) is 6.07 Å². The Balaban J connectivity index is 1.45. The normalized spacial score (nSPS) is 25.0. The summed E-state index contributed by atoms with van der Waals surface area (Å²) in [7, 11) is 0. The highest BCUT2D eigenvalue weighted by Gasteiger charge is 2.55. The highest BCUT2D eigenvalue weighted by Crippen LogP contribution is 2.41. The number of ether oxygens (including phenoxy) is 1. The SMILES string of the molecule is O=C1NC2(CCOc3ccccc32)C(=O)N1Cc1noc(C2CC2)n1. The van der Waals surface area contributed by atoms with Gasteiger partial charge in [0, 0.05) is 17.9 Å². The number of imide groups is 1. The molecule has 2 fully saturated rings. The summed E-state index contributed by atoms with van der Waals surface area (Å²) >= 11 is 0. The average Bonchev–Trinajstić information content (AvgIpc) is 3.33. The van der Waals surface area contributed by atoms with Crippen LogP contribution in [0.5, 0.6) is 5.75 Å². The van der Waals surface area contributed by atoms with Gasteiger partial charge in [-0.25, -0.2) is 4.79 Å². The lowest BCUT2D eigenvalue weighted by molar-refractivity contribution is -0.133. The van der Waals surface area contributed by atoms with E-state index in [1.807, 2.05) is 18.2 Å². The van der Waals surface area contributed by atoms with Crippen LogP contribution in [0.2, 0.25) is 0 Å². The van der Waals surface area contributed by atoms with E-state index in [1.165, 1.54) is 0 Å². The fourth-order valence-corrected chi connectivity index (χ4v) is 3.48. The molecule has 3 amide bonds. The molecule has 3 aliphatic rings. The van der Waals surface area contributed by atoms with Crippen molar-refractivity contribution in [2.75, 3.05) is 6.61 Å². The van der Waals surface area contributed by atoms with Crippen molar-refractivity contribution in [3.8, 4) is 5.75 Å². The number of nitrogens with zero attached hydrogens (tertiary/aromatic N) is 3. The topological polar surface area (TPSA) is 97.6 Å². The molecule has 0 bridgehead atoms. The average molecular weight is 340 g/mol. The van der Waals surface area contributed by atoms with Crippen LogP contribution in [-0.4, -0.2) is 33.6 Å². The van der Waals surface area contributed by atoms with Crippen molar-refractivity contribution in [3.63, 3.8) is 0 Å². The van der Waals surface area contributed by atoms with Crippen LogP contribution in [0, 0.1) is 0 Å². The van der Waals surface area contributed by atoms with Crippen LogP contribution >= 0.6 is 0 Å². The van der Waals surface area contributed by atoms with Crippen LogP contribution in [0.4, 0.5) is 4.79 Å². The van der Waals surface area contributed by atoms with Crippen LogP contribution in [0.3, 0.4) is 0 Å². The summed E-state index contributed by atoms with van der Waals surface area (Å²) in [6.45, 7) is 0.372. The molecule has 1 aliphatic carbocycles. The lowest BCUT2D eigenvalue weighted by atomic mass is 9.84. The number of amides is 3. The molecule has 3 heterocycles. The summed E-state index contributed by atoms with van der Waals surface area (Å²) in [6.07, 6.45) is 2.49. The number of hydrogen-bond donors (Lipinski definition) is 1. The Bertz CT molecular complexity index is 875. The molecule has 8 heteroatoms. The summed E-state index contributed by atoms with van der Waals surface area (Å²) in [5.41, 5.74) is -0.386. The zero-order chi connectivity index (χ0) is 17.0. The molecular formula is C17H16N4O4. The van der Waals surface area contributed by atoms with Gasteiger partial charge >= 0.3 is 6.03 Å². The predicted molar refractivity (Wildman–Crippen MR) is 83.6 cm³/mol. The molecular weight excluding hydrogens is 324 g/mol. The van der Waals surface area contributed by atoms with Gasteiger partial charge < -0.3 is 14.6 Å². The maximum Gasteiger partial charge on any atom is 0.325 e. The van der Waals surface area contributed by atoms with Gasteiger partial charge in [-0.05, 0) is 18.9 Å². The largest absolute Gasteiger partial charge is 0.493 e. The first-order valence-corrected chi connectivity index (χ1v) is 8.36. The Labute approximate surface area is 143 Å². The van der Waals surface area contributed by atoms with Crippen molar-refractivity contribution in [2.45, 2.75) is 37.3 Å². The highest BCUT2D eigenvalue weighted by atomic mass is 16.5. The number of carbonyl (C=O) groups excluding carboxylic acids is 2. The number of rotatable bonds is 3. The second kappa shape index (κ2) is 5.05. The van der Waals surface area contributed by atoms with Crippen LogP contribution < -0.4 is 10.1 Å². The summed E-state index contributed by atoms with van der Waals surface area (Å²) in [5, 5.41) is 6.76. The number of aromatic nitrogens is 2. The first-order valence-electron chi connectivity index (χ1n) is 8.36. The molecule has 1 atom stereocenters. The van der Waals surface area contributed by atoms with Crippen LogP contribution in [0.25, 0.3) is 0 Å². The third kappa shape index (κ3) is 2.13. The van der Waals surface area contributed by atoms with Crippen molar-refractivity contribution >= 4 is 11.9 Å². The minimum atomic E-state index is -1.07. The molecule has 1 spiro atoms. The first kappa shape index (κ1) is 14.4. The van der Waals surface area contributed by atoms with Gasteiger partial charge in [-0.15, -0.1) is 0 Å². The third-order valence-electron chi connectivity index (χ3n) is 4.97. The van der Waals surface area contributed by atoms with Crippen molar-refractivity contribution in [2.24, 2.45) is 0 Å². The molecule has 1 aromatic carbocycles. The van der Waals surface area contributed by atoms with Crippen molar-refractivity contribution in [1.82, 2.24) is 20.4 Å². The minimum Gasteiger partial charge on any atom is -0.493 e. The number of nitrogens with one attached hydrogen (secondary N) is 1. The molecule has 2 aliphatic heterocycles. The molecule has 1 N–H and O–H groups in total. The Hall–Kier alpha value is -2.90. The van der Waals surface area contributed by atoms with Gasteiger partial charge in [-0.2, -0.15) is 4.98 Å². The van der Waals surface area contributed by atoms with Gasteiger partial charge in [0.25, 0.3) is 5.91 Å². The van der Waals surface area contributed by atoms with Gasteiger partial charge in [0.05, 0.1) is 13.2 Å². The number of hydrogen-bond acceptors (Lipinski definition) is 6. The quantitative estimate of drug-likeness (QED) is 0.854. The van der Waals surface area contributed by atoms with E-state index >= 15 is 0 Å². The monoisotopic (exact) mass is 340 g/mol. The molecule has 8 nitrogen and oxygen atoms in total. The number of urea groups is 1. The summed E-state index contributed by atoms with van der Waals surface area (Å²) in [6, 6.07) is 6.85. The van der Waals surface area contributed by atoms with Gasteiger partial charge in [0.1, 0.15) is 5.75 Å². The summed E-state index contributed by atoms with van der Waals surface area (Å²) < 4.78 is 10.8. The number of para-hydroxylation sites is 1. The molecule has 1 saturated heterocycles. The van der Waals surface area contributed by atoms with E-state index in [0.717, 1.165) is 17.7 Å². The second-order valence-corrected chi connectivity index (χ2v) is 6.64. The predicted octanol–water partition coefficient (Wildman–Crippen LogP) is 1.68. The van der Waals surface area contributed by atoms with Gasteiger partial charge in [0.15, 0.2) is 11.4 Å².